The van der Waals surface area contributed by atoms with Crippen LogP contribution < -0.4 is 0 Å². The first kappa shape index (κ1) is 34.1. The molecule has 246 valence electrons. The highest BCUT2D eigenvalue weighted by Gasteiger charge is 2.88. The minimum Gasteiger partial charge on any atom is -0.459 e. The maximum atomic E-state index is 13.2. The number of carbonyl (C=O) groups excluding carboxylic acids is 4. The monoisotopic (exact) mass is 622 g/mol. The molecule has 12 nitrogen and oxygen atoms in total. The Morgan fingerprint density at radius 1 is 0.955 bits per heavy atom. The molecule has 0 aromatic heterocycles. The molecule has 11 atom stereocenters. The van der Waals surface area contributed by atoms with Crippen LogP contribution in [0.25, 0.3) is 0 Å². The molecule has 0 saturated carbocycles. The first-order valence-electron chi connectivity index (χ1n) is 15.4. The smallest absolute Gasteiger partial charge is 0.342 e. The van der Waals surface area contributed by atoms with Crippen molar-refractivity contribution in [3.8, 4) is 0 Å². The van der Waals surface area contributed by atoms with Gasteiger partial charge in [-0.15, -0.1) is 0 Å². The second-order valence-electron chi connectivity index (χ2n) is 13.2. The molecule has 2 unspecified atom stereocenters. The summed E-state index contributed by atoms with van der Waals surface area (Å²) in [5.41, 5.74) is -6.66. The van der Waals surface area contributed by atoms with E-state index in [0.29, 0.717) is 6.42 Å². The minimum atomic E-state index is -2.08. The summed E-state index contributed by atoms with van der Waals surface area (Å²) in [7, 11) is 0. The molecule has 3 N–H and O–H groups in total. The van der Waals surface area contributed by atoms with Gasteiger partial charge in [-0.3, -0.25) is 14.4 Å². The Morgan fingerprint density at radius 3 is 2.16 bits per heavy atom. The van der Waals surface area contributed by atoms with Crippen LogP contribution in [-0.4, -0.2) is 92.6 Å². The summed E-state index contributed by atoms with van der Waals surface area (Å²) in [6.45, 7) is 10.3. The van der Waals surface area contributed by atoms with Gasteiger partial charge in [0.2, 0.25) is 0 Å². The van der Waals surface area contributed by atoms with Gasteiger partial charge in [0.15, 0.2) is 23.4 Å². The summed E-state index contributed by atoms with van der Waals surface area (Å²) in [5, 5.41) is 34.9. The number of rotatable bonds is 9. The summed E-state index contributed by atoms with van der Waals surface area (Å²) >= 11 is 0. The highest BCUT2D eigenvalue weighted by Crippen LogP contribution is 2.65. The van der Waals surface area contributed by atoms with Gasteiger partial charge in [-0.1, -0.05) is 51.7 Å². The van der Waals surface area contributed by atoms with E-state index in [1.165, 1.54) is 32.1 Å². The van der Waals surface area contributed by atoms with Gasteiger partial charge in [0.1, 0.15) is 24.4 Å². The Bertz CT molecular complexity index is 1220. The van der Waals surface area contributed by atoms with E-state index in [1.807, 2.05) is 0 Å². The molecule has 2 aliphatic heterocycles. The van der Waals surface area contributed by atoms with Crippen molar-refractivity contribution in [1.82, 2.24) is 0 Å². The third-order valence-electron chi connectivity index (χ3n) is 9.81. The molecule has 0 aromatic rings. The number of aliphatic hydroxyl groups is 3. The van der Waals surface area contributed by atoms with Crippen molar-refractivity contribution in [3.05, 3.63) is 23.8 Å². The molecule has 4 aliphatic rings. The number of hydrogen-bond donors (Lipinski definition) is 3. The van der Waals surface area contributed by atoms with Gasteiger partial charge in [0.25, 0.3) is 0 Å². The fraction of sp³-hybridized carbons (Fsp3) is 0.750. The molecular formula is C32H46O12. The van der Waals surface area contributed by atoms with Crippen LogP contribution in [0.15, 0.2) is 23.8 Å². The molecular weight excluding hydrogens is 576 g/mol. The third-order valence-corrected chi connectivity index (χ3v) is 9.81. The largest absolute Gasteiger partial charge is 0.459 e. The van der Waals surface area contributed by atoms with E-state index < -0.39 is 88.6 Å². The molecule has 0 bridgehead atoms. The Labute approximate surface area is 257 Å². The Kier molecular flexibility index (Phi) is 9.44. The van der Waals surface area contributed by atoms with Gasteiger partial charge in [0.05, 0.1) is 5.60 Å². The first-order valence-corrected chi connectivity index (χ1v) is 15.4. The lowest BCUT2D eigenvalue weighted by molar-refractivity contribution is -0.226. The summed E-state index contributed by atoms with van der Waals surface area (Å²) < 4.78 is 29.3. The fourth-order valence-corrected chi connectivity index (χ4v) is 7.45. The average molecular weight is 623 g/mol. The van der Waals surface area contributed by atoms with Gasteiger partial charge in [-0.2, -0.15) is 0 Å². The minimum absolute atomic E-state index is 0.0944. The zero-order chi connectivity index (χ0) is 32.8. The number of hydrogen-bond acceptors (Lipinski definition) is 12. The standard InChI is InChI=1S/C32H46O12/c1-8-9-10-11-12-13-22(36)43-24-17(2)16-21-32(31(7,44-32)28(38)42-21)27(41-19(4)34)25-29(5,15-14-20(35)30(25,6)39)26(23(24)37)40-18(3)33/h14-16,20-21,23-27,35,37,39H,8-13H2,1-7H3/b17-16-/t20-,21+,23-,24?,25-,26+,27?,29+,30-,31+,32+/m1/s1. The van der Waals surface area contributed by atoms with E-state index in [4.69, 9.17) is 23.7 Å². The molecule has 2 aliphatic carbocycles. The maximum Gasteiger partial charge on any atom is 0.342 e. The van der Waals surface area contributed by atoms with Gasteiger partial charge in [0, 0.05) is 31.6 Å². The average Bonchev–Trinajstić information content (AvgIpc) is 3.52. The number of unbranched alkanes of at least 4 members (excludes halogenated alkanes) is 4. The van der Waals surface area contributed by atoms with E-state index in [2.05, 4.69) is 6.92 Å². The van der Waals surface area contributed by atoms with Crippen molar-refractivity contribution in [2.24, 2.45) is 11.3 Å². The number of ether oxygens (including phenoxy) is 5. The van der Waals surface area contributed by atoms with Crippen LogP contribution in [0.3, 0.4) is 0 Å². The summed E-state index contributed by atoms with van der Waals surface area (Å²) in [6.07, 6.45) is 0.122. The molecule has 2 heterocycles. The third kappa shape index (κ3) is 5.59. The molecule has 12 heteroatoms. The Hall–Kier alpha value is -2.80. The number of epoxide rings is 1. The SMILES string of the molecule is CCCCCCCC(=O)OC1/C(C)=C\[C@@H]2OC(=O)[C@]3(C)O[C@]23C(OC(C)=O)[C@H]2[C@](C)(O)[C@H](O)C=C[C@]2(C)[C@@H](OC(C)=O)[C@@H]1O. The predicted molar refractivity (Wildman–Crippen MR) is 154 cm³/mol. The molecule has 0 aromatic carbocycles. The molecule has 2 saturated heterocycles. The van der Waals surface area contributed by atoms with Gasteiger partial charge < -0.3 is 39.0 Å². The molecule has 4 rings (SSSR count). The zero-order valence-electron chi connectivity index (χ0n) is 26.5. The van der Waals surface area contributed by atoms with E-state index >= 15 is 0 Å². The van der Waals surface area contributed by atoms with Crippen molar-refractivity contribution in [3.63, 3.8) is 0 Å². The van der Waals surface area contributed by atoms with E-state index in [9.17, 15) is 34.5 Å². The summed E-state index contributed by atoms with van der Waals surface area (Å²) in [6, 6.07) is 0. The summed E-state index contributed by atoms with van der Waals surface area (Å²) in [4.78, 5) is 51.4. The quantitative estimate of drug-likeness (QED) is 0.112. The van der Waals surface area contributed by atoms with Crippen LogP contribution in [0.2, 0.25) is 0 Å². The second kappa shape index (κ2) is 12.2. The number of aliphatic hydroxyl groups excluding tert-OH is 2. The Balaban J connectivity index is 1.90. The van der Waals surface area contributed by atoms with Crippen molar-refractivity contribution in [1.29, 1.82) is 0 Å². The molecule has 0 amide bonds. The number of fused-ring (bicyclic) bond motifs is 1. The van der Waals surface area contributed by atoms with Crippen LogP contribution in [0.4, 0.5) is 0 Å². The van der Waals surface area contributed by atoms with Crippen molar-refractivity contribution >= 4 is 23.9 Å². The lowest BCUT2D eigenvalue weighted by Crippen LogP contribution is -2.68. The van der Waals surface area contributed by atoms with Crippen LogP contribution in [0.1, 0.15) is 87.0 Å². The first-order chi connectivity index (χ1) is 20.5. The lowest BCUT2D eigenvalue weighted by atomic mass is 9.55. The normalized spacial score (nSPS) is 43.7. The molecule has 44 heavy (non-hydrogen) atoms. The topological polar surface area (TPSA) is 178 Å². The molecule has 0 radical (unpaired) electrons. The van der Waals surface area contributed by atoms with Crippen molar-refractivity contribution < 1.29 is 58.2 Å². The number of esters is 4. The number of carbonyl (C=O) groups is 4. The highest BCUT2D eigenvalue weighted by atomic mass is 16.7. The summed E-state index contributed by atoms with van der Waals surface area (Å²) in [5.74, 6) is -4.22. The van der Waals surface area contributed by atoms with Crippen molar-refractivity contribution in [2.75, 3.05) is 0 Å². The van der Waals surface area contributed by atoms with Gasteiger partial charge in [-0.25, -0.2) is 4.79 Å². The van der Waals surface area contributed by atoms with E-state index in [0.717, 1.165) is 39.5 Å². The maximum absolute atomic E-state index is 13.2. The van der Waals surface area contributed by atoms with E-state index in [1.54, 1.807) is 13.8 Å². The fourth-order valence-electron chi connectivity index (χ4n) is 7.45. The van der Waals surface area contributed by atoms with Gasteiger partial charge >= 0.3 is 23.9 Å². The molecule has 2 fully saturated rings. The zero-order valence-corrected chi connectivity index (χ0v) is 26.5. The lowest BCUT2D eigenvalue weighted by Gasteiger charge is -2.55. The molecule has 1 spiro atoms. The Morgan fingerprint density at radius 2 is 1.57 bits per heavy atom. The van der Waals surface area contributed by atoms with Gasteiger partial charge in [-0.05, 0) is 38.8 Å². The van der Waals surface area contributed by atoms with Crippen LogP contribution >= 0.6 is 0 Å². The predicted octanol–water partition coefficient (Wildman–Crippen LogP) is 2.20. The van der Waals surface area contributed by atoms with Crippen LogP contribution in [0.5, 0.6) is 0 Å². The second-order valence-corrected chi connectivity index (χ2v) is 13.2. The van der Waals surface area contributed by atoms with Crippen LogP contribution in [0, 0.1) is 11.3 Å². The van der Waals surface area contributed by atoms with Crippen molar-refractivity contribution in [2.45, 2.75) is 140 Å². The highest BCUT2D eigenvalue weighted by molar-refractivity contribution is 5.89. The van der Waals surface area contributed by atoms with E-state index in [-0.39, 0.29) is 12.0 Å². The van der Waals surface area contributed by atoms with Crippen LogP contribution in [-0.2, 0) is 42.9 Å².